The van der Waals surface area contributed by atoms with E-state index in [0.29, 0.717) is 24.5 Å². The second-order valence-electron chi connectivity index (χ2n) is 6.39. The molecular formula is C20H20N4O3. The van der Waals surface area contributed by atoms with E-state index >= 15 is 0 Å². The quantitative estimate of drug-likeness (QED) is 0.573. The largest absolute Gasteiger partial charge is 0.374 e. The van der Waals surface area contributed by atoms with Crippen molar-refractivity contribution in [1.82, 2.24) is 10.3 Å². The van der Waals surface area contributed by atoms with Crippen LogP contribution in [-0.4, -0.2) is 24.7 Å². The number of morpholine rings is 1. The minimum Gasteiger partial charge on any atom is -0.374 e. The van der Waals surface area contributed by atoms with Crippen LogP contribution in [0.15, 0.2) is 58.3 Å². The Morgan fingerprint density at radius 1 is 1.07 bits per heavy atom. The Morgan fingerprint density at radius 2 is 1.89 bits per heavy atom. The molecule has 3 aromatic rings. The van der Waals surface area contributed by atoms with Crippen molar-refractivity contribution in [2.24, 2.45) is 0 Å². The second kappa shape index (κ2) is 7.69. The average Bonchev–Trinajstić information content (AvgIpc) is 2.74. The zero-order valence-electron chi connectivity index (χ0n) is 14.7. The molecule has 2 heterocycles. The Morgan fingerprint density at radius 3 is 2.59 bits per heavy atom. The number of hydrogen-bond acceptors (Lipinski definition) is 7. The number of nitrogens with one attached hydrogen (secondary N) is 3. The van der Waals surface area contributed by atoms with Crippen LogP contribution >= 0.6 is 0 Å². The molecular weight excluding hydrogens is 344 g/mol. The zero-order chi connectivity index (χ0) is 18.6. The fraction of sp³-hybridized carbons (Fsp3) is 0.250. The molecule has 1 atom stereocenters. The van der Waals surface area contributed by atoms with Crippen LogP contribution in [0.5, 0.6) is 0 Å². The number of pyridine rings is 1. The Bertz CT molecular complexity index is 973. The van der Waals surface area contributed by atoms with E-state index in [-0.39, 0.29) is 6.10 Å². The first-order chi connectivity index (χ1) is 13.2. The number of rotatable bonds is 6. The molecule has 7 nitrogen and oxygen atoms in total. The zero-order valence-corrected chi connectivity index (χ0v) is 14.7. The fourth-order valence-electron chi connectivity index (χ4n) is 3.07. The highest BCUT2D eigenvalue weighted by Crippen LogP contribution is 2.24. The van der Waals surface area contributed by atoms with E-state index in [0.717, 1.165) is 30.0 Å². The highest BCUT2D eigenvalue weighted by Gasteiger charge is 2.21. The highest BCUT2D eigenvalue weighted by atomic mass is 16.5. The first-order valence-corrected chi connectivity index (χ1v) is 8.89. The molecule has 2 aromatic carbocycles. The molecule has 0 radical (unpaired) electrons. The van der Waals surface area contributed by atoms with Crippen molar-refractivity contribution in [3.63, 3.8) is 0 Å². The molecule has 0 spiro atoms. The van der Waals surface area contributed by atoms with Gasteiger partial charge in [-0.1, -0.05) is 18.2 Å². The van der Waals surface area contributed by atoms with Crippen LogP contribution in [0.2, 0.25) is 0 Å². The van der Waals surface area contributed by atoms with E-state index in [1.54, 1.807) is 6.20 Å². The summed E-state index contributed by atoms with van der Waals surface area (Å²) in [6, 6.07) is 13.2. The van der Waals surface area contributed by atoms with Crippen molar-refractivity contribution in [3.8, 4) is 0 Å². The normalized spacial score (nSPS) is 17.0. The molecule has 1 aliphatic heterocycles. The van der Waals surface area contributed by atoms with Crippen molar-refractivity contribution in [3.05, 3.63) is 80.4 Å². The number of aromatic nitrogens is 1. The standard InChI is InChI=1S/C20H20N4O3/c25-19-17(23-11-15-3-1-2-8-22-15)18(20(19)26)24-14-6-4-13(5-7-14)16-12-21-9-10-27-16/h1-8,16,21,23-24H,9-12H2. The lowest BCUT2D eigenvalue weighted by molar-refractivity contribution is 0.0277. The van der Waals surface area contributed by atoms with E-state index < -0.39 is 10.9 Å². The van der Waals surface area contributed by atoms with Gasteiger partial charge < -0.3 is 20.7 Å². The van der Waals surface area contributed by atoms with Gasteiger partial charge in [-0.05, 0) is 29.8 Å². The predicted molar refractivity (Wildman–Crippen MR) is 104 cm³/mol. The molecule has 0 bridgehead atoms. The summed E-state index contributed by atoms with van der Waals surface area (Å²) < 4.78 is 5.73. The van der Waals surface area contributed by atoms with Gasteiger partial charge in [0.05, 0.1) is 24.9 Å². The minimum absolute atomic E-state index is 0.0366. The maximum atomic E-state index is 11.9. The average molecular weight is 364 g/mol. The van der Waals surface area contributed by atoms with Crippen LogP contribution in [0.4, 0.5) is 17.1 Å². The first-order valence-electron chi connectivity index (χ1n) is 8.89. The molecule has 1 fully saturated rings. The van der Waals surface area contributed by atoms with Gasteiger partial charge >= 0.3 is 0 Å². The summed E-state index contributed by atoms with van der Waals surface area (Å²) in [5.74, 6) is 0. The second-order valence-corrected chi connectivity index (χ2v) is 6.39. The molecule has 1 aliphatic rings. The SMILES string of the molecule is O=c1c(NCc2ccccn2)c(Nc2ccc(C3CNCCO3)cc2)c1=O. The van der Waals surface area contributed by atoms with E-state index in [1.165, 1.54) is 0 Å². The van der Waals surface area contributed by atoms with Crippen LogP contribution in [0.25, 0.3) is 0 Å². The van der Waals surface area contributed by atoms with Crippen LogP contribution in [-0.2, 0) is 11.3 Å². The van der Waals surface area contributed by atoms with Gasteiger partial charge in [0, 0.05) is 25.0 Å². The van der Waals surface area contributed by atoms with Gasteiger partial charge in [0.1, 0.15) is 11.4 Å². The van der Waals surface area contributed by atoms with Crippen LogP contribution < -0.4 is 26.8 Å². The van der Waals surface area contributed by atoms with Crippen molar-refractivity contribution in [2.45, 2.75) is 12.6 Å². The summed E-state index contributed by atoms with van der Waals surface area (Å²) in [5.41, 5.74) is 2.19. The maximum absolute atomic E-state index is 11.9. The molecule has 1 aromatic heterocycles. The lowest BCUT2D eigenvalue weighted by Gasteiger charge is -2.24. The van der Waals surface area contributed by atoms with Gasteiger partial charge in [-0.25, -0.2) is 0 Å². The van der Waals surface area contributed by atoms with Crippen LogP contribution in [0, 0.1) is 0 Å². The Hall–Kier alpha value is -3.03. The third-order valence-corrected chi connectivity index (χ3v) is 4.56. The Labute approximate surface area is 156 Å². The fourth-order valence-corrected chi connectivity index (χ4v) is 3.07. The third-order valence-electron chi connectivity index (χ3n) is 4.56. The van der Waals surface area contributed by atoms with Gasteiger partial charge in [-0.2, -0.15) is 0 Å². The third kappa shape index (κ3) is 3.74. The number of ether oxygens (including phenoxy) is 1. The first kappa shape index (κ1) is 17.4. The Balaban J connectivity index is 1.44. The topological polar surface area (TPSA) is 92.3 Å². The predicted octanol–water partition coefficient (Wildman–Crippen LogP) is 1.69. The monoisotopic (exact) mass is 364 g/mol. The summed E-state index contributed by atoms with van der Waals surface area (Å²) in [6.07, 6.45) is 1.72. The smallest absolute Gasteiger partial charge is 0.253 e. The molecule has 27 heavy (non-hydrogen) atoms. The molecule has 0 amide bonds. The van der Waals surface area contributed by atoms with Crippen molar-refractivity contribution >= 4 is 17.1 Å². The summed E-state index contributed by atoms with van der Waals surface area (Å²) in [6.45, 7) is 2.73. The van der Waals surface area contributed by atoms with Crippen LogP contribution in [0.3, 0.4) is 0 Å². The molecule has 0 aliphatic carbocycles. The van der Waals surface area contributed by atoms with Gasteiger partial charge in [0.2, 0.25) is 0 Å². The van der Waals surface area contributed by atoms with Crippen molar-refractivity contribution in [2.75, 3.05) is 30.3 Å². The van der Waals surface area contributed by atoms with Gasteiger partial charge in [0.25, 0.3) is 10.9 Å². The van der Waals surface area contributed by atoms with Crippen molar-refractivity contribution in [1.29, 1.82) is 0 Å². The minimum atomic E-state index is -0.512. The molecule has 0 saturated carbocycles. The molecule has 1 saturated heterocycles. The summed E-state index contributed by atoms with van der Waals surface area (Å²) in [7, 11) is 0. The summed E-state index contributed by atoms with van der Waals surface area (Å²) in [4.78, 5) is 28.0. The molecule has 4 rings (SSSR count). The van der Waals surface area contributed by atoms with Gasteiger partial charge in [-0.15, -0.1) is 0 Å². The number of hydrogen-bond donors (Lipinski definition) is 3. The Kier molecular flexibility index (Phi) is 4.95. The maximum Gasteiger partial charge on any atom is 0.253 e. The van der Waals surface area contributed by atoms with Gasteiger partial charge in [0.15, 0.2) is 0 Å². The van der Waals surface area contributed by atoms with Crippen LogP contribution in [0.1, 0.15) is 17.4 Å². The summed E-state index contributed by atoms with van der Waals surface area (Å²) >= 11 is 0. The lowest BCUT2D eigenvalue weighted by atomic mass is 10.1. The van der Waals surface area contributed by atoms with E-state index in [2.05, 4.69) is 20.9 Å². The van der Waals surface area contributed by atoms with Gasteiger partial charge in [-0.3, -0.25) is 14.6 Å². The number of nitrogens with zero attached hydrogens (tertiary/aromatic N) is 1. The number of benzene rings is 1. The molecule has 7 heteroatoms. The number of anilines is 3. The van der Waals surface area contributed by atoms with E-state index in [1.807, 2.05) is 42.5 Å². The van der Waals surface area contributed by atoms with E-state index in [4.69, 9.17) is 4.74 Å². The molecule has 138 valence electrons. The highest BCUT2D eigenvalue weighted by molar-refractivity contribution is 5.78. The van der Waals surface area contributed by atoms with Crippen molar-refractivity contribution < 1.29 is 4.74 Å². The summed E-state index contributed by atoms with van der Waals surface area (Å²) in [5, 5.41) is 9.35. The molecule has 3 N–H and O–H groups in total. The molecule has 1 unspecified atom stereocenters. The lowest BCUT2D eigenvalue weighted by Crippen LogP contribution is -2.36. The van der Waals surface area contributed by atoms with E-state index in [9.17, 15) is 9.59 Å².